The van der Waals surface area contributed by atoms with E-state index in [4.69, 9.17) is 9.47 Å². The van der Waals surface area contributed by atoms with Crippen LogP contribution < -0.4 is 19.3 Å². The van der Waals surface area contributed by atoms with Crippen LogP contribution in [0.15, 0.2) is 72.8 Å². The van der Waals surface area contributed by atoms with Gasteiger partial charge in [0.15, 0.2) is 0 Å². The molecule has 0 bridgehead atoms. The molecule has 1 heterocycles. The molecular weight excluding hydrogens is 394 g/mol. The van der Waals surface area contributed by atoms with Gasteiger partial charge in [0.05, 0.1) is 12.0 Å². The van der Waals surface area contributed by atoms with E-state index in [1.807, 2.05) is 48.5 Å². The third-order valence-corrected chi connectivity index (χ3v) is 5.47. The molecule has 0 spiro atoms. The Morgan fingerprint density at radius 2 is 1.26 bits per heavy atom. The Morgan fingerprint density at radius 3 is 1.74 bits per heavy atom. The molecule has 4 rings (SSSR count). The molecule has 1 fully saturated rings. The number of nitro benzene ring substituents is 1. The lowest BCUT2D eigenvalue weighted by Crippen LogP contribution is -2.46. The average Bonchev–Trinajstić information content (AvgIpc) is 2.83. The Bertz CT molecular complexity index is 997. The maximum atomic E-state index is 10.8. The van der Waals surface area contributed by atoms with Crippen molar-refractivity contribution < 1.29 is 14.4 Å². The summed E-state index contributed by atoms with van der Waals surface area (Å²) in [7, 11) is 1.66. The lowest BCUT2D eigenvalue weighted by molar-refractivity contribution is -0.384. The molecule has 1 aliphatic rings. The molecular formula is C24H25N3O4. The number of non-ortho nitro benzene ring substituents is 1. The van der Waals surface area contributed by atoms with E-state index in [0.717, 1.165) is 48.9 Å². The molecule has 160 valence electrons. The fourth-order valence-electron chi connectivity index (χ4n) is 3.65. The zero-order chi connectivity index (χ0) is 21.6. The quantitative estimate of drug-likeness (QED) is 0.415. The molecule has 1 saturated heterocycles. The summed E-state index contributed by atoms with van der Waals surface area (Å²) in [5, 5.41) is 10.8. The number of anilines is 2. The number of rotatable bonds is 7. The third-order valence-electron chi connectivity index (χ3n) is 5.47. The minimum absolute atomic E-state index is 0.122. The van der Waals surface area contributed by atoms with Gasteiger partial charge >= 0.3 is 0 Å². The Morgan fingerprint density at radius 1 is 0.774 bits per heavy atom. The number of hydrogen-bond donors (Lipinski definition) is 0. The summed E-state index contributed by atoms with van der Waals surface area (Å²) in [6.45, 7) is 4.03. The number of hydrogen-bond acceptors (Lipinski definition) is 6. The van der Waals surface area contributed by atoms with Crippen LogP contribution in [0.1, 0.15) is 5.56 Å². The van der Waals surface area contributed by atoms with E-state index in [-0.39, 0.29) is 10.6 Å². The van der Waals surface area contributed by atoms with Crippen molar-refractivity contribution in [3.8, 4) is 11.5 Å². The van der Waals surface area contributed by atoms with E-state index in [9.17, 15) is 10.1 Å². The van der Waals surface area contributed by atoms with Gasteiger partial charge in [0.1, 0.15) is 18.1 Å². The predicted octanol–water partition coefficient (Wildman–Crippen LogP) is 4.51. The second-order valence-corrected chi connectivity index (χ2v) is 7.38. The molecule has 1 aliphatic heterocycles. The summed E-state index contributed by atoms with van der Waals surface area (Å²) >= 11 is 0. The maximum absolute atomic E-state index is 10.8. The molecule has 31 heavy (non-hydrogen) atoms. The summed E-state index contributed by atoms with van der Waals surface area (Å²) in [4.78, 5) is 15.1. The summed E-state index contributed by atoms with van der Waals surface area (Å²) in [5.41, 5.74) is 3.40. The normalized spacial score (nSPS) is 13.7. The van der Waals surface area contributed by atoms with Gasteiger partial charge in [0, 0.05) is 49.7 Å². The molecule has 7 nitrogen and oxygen atoms in total. The van der Waals surface area contributed by atoms with Gasteiger partial charge in [-0.3, -0.25) is 10.1 Å². The summed E-state index contributed by atoms with van der Waals surface area (Å²) < 4.78 is 11.1. The van der Waals surface area contributed by atoms with Crippen molar-refractivity contribution in [2.24, 2.45) is 0 Å². The van der Waals surface area contributed by atoms with E-state index in [2.05, 4.69) is 21.9 Å². The molecule has 0 N–H and O–H groups in total. The summed E-state index contributed by atoms with van der Waals surface area (Å²) in [6.07, 6.45) is 0. The molecule has 0 aliphatic carbocycles. The van der Waals surface area contributed by atoms with Crippen LogP contribution in [0.4, 0.5) is 17.1 Å². The van der Waals surface area contributed by atoms with Crippen molar-refractivity contribution in [1.29, 1.82) is 0 Å². The SMILES string of the molecule is COc1ccc(COc2ccc(N3CCN(c4ccc([N+](=O)[O-])cc4)CC3)cc2)cc1. The Hall–Kier alpha value is -3.74. The molecule has 0 aromatic heterocycles. The van der Waals surface area contributed by atoms with Crippen molar-refractivity contribution in [2.45, 2.75) is 6.61 Å². The zero-order valence-electron chi connectivity index (χ0n) is 17.4. The van der Waals surface area contributed by atoms with E-state index < -0.39 is 0 Å². The van der Waals surface area contributed by atoms with Gasteiger partial charge in [-0.15, -0.1) is 0 Å². The topological polar surface area (TPSA) is 68.1 Å². The molecule has 0 unspecified atom stereocenters. The van der Waals surface area contributed by atoms with Gasteiger partial charge in [-0.25, -0.2) is 0 Å². The fraction of sp³-hybridized carbons (Fsp3) is 0.250. The summed E-state index contributed by atoms with van der Waals surface area (Å²) in [5.74, 6) is 1.67. The number of nitro groups is 1. The molecule has 0 radical (unpaired) electrons. The van der Waals surface area contributed by atoms with Gasteiger partial charge in [0.25, 0.3) is 5.69 Å². The average molecular weight is 419 g/mol. The fourth-order valence-corrected chi connectivity index (χ4v) is 3.65. The van der Waals surface area contributed by atoms with Crippen LogP contribution in [0.3, 0.4) is 0 Å². The second-order valence-electron chi connectivity index (χ2n) is 7.38. The van der Waals surface area contributed by atoms with Crippen molar-refractivity contribution in [3.63, 3.8) is 0 Å². The highest BCUT2D eigenvalue weighted by atomic mass is 16.6. The Labute approximate surface area is 181 Å². The molecule has 3 aromatic rings. The lowest BCUT2D eigenvalue weighted by atomic mass is 10.2. The maximum Gasteiger partial charge on any atom is 0.269 e. The van der Waals surface area contributed by atoms with Crippen LogP contribution in [-0.4, -0.2) is 38.2 Å². The van der Waals surface area contributed by atoms with Crippen LogP contribution in [0.25, 0.3) is 0 Å². The molecule has 7 heteroatoms. The van der Waals surface area contributed by atoms with E-state index >= 15 is 0 Å². The van der Waals surface area contributed by atoms with Gasteiger partial charge in [-0.2, -0.15) is 0 Å². The van der Waals surface area contributed by atoms with Crippen molar-refractivity contribution in [3.05, 3.63) is 88.5 Å². The van der Waals surface area contributed by atoms with Gasteiger partial charge in [-0.05, 0) is 54.1 Å². The first kappa shape index (κ1) is 20.5. The first-order chi connectivity index (χ1) is 15.1. The van der Waals surface area contributed by atoms with Crippen molar-refractivity contribution in [2.75, 3.05) is 43.1 Å². The molecule has 3 aromatic carbocycles. The first-order valence-electron chi connectivity index (χ1n) is 10.2. The Kier molecular flexibility index (Phi) is 6.21. The van der Waals surface area contributed by atoms with Crippen LogP contribution in [0.2, 0.25) is 0 Å². The number of methoxy groups -OCH3 is 1. The minimum Gasteiger partial charge on any atom is -0.497 e. The summed E-state index contributed by atoms with van der Waals surface area (Å²) in [6, 6.07) is 22.8. The number of ether oxygens (including phenoxy) is 2. The first-order valence-corrected chi connectivity index (χ1v) is 10.2. The van der Waals surface area contributed by atoms with E-state index in [1.165, 1.54) is 5.69 Å². The van der Waals surface area contributed by atoms with Crippen molar-refractivity contribution in [1.82, 2.24) is 0 Å². The largest absolute Gasteiger partial charge is 0.497 e. The third kappa shape index (κ3) is 5.06. The monoisotopic (exact) mass is 419 g/mol. The van der Waals surface area contributed by atoms with E-state index in [0.29, 0.717) is 6.61 Å². The van der Waals surface area contributed by atoms with Gasteiger partial charge < -0.3 is 19.3 Å². The van der Waals surface area contributed by atoms with Crippen LogP contribution >= 0.6 is 0 Å². The molecule has 0 saturated carbocycles. The van der Waals surface area contributed by atoms with Crippen LogP contribution in [0.5, 0.6) is 11.5 Å². The smallest absolute Gasteiger partial charge is 0.269 e. The van der Waals surface area contributed by atoms with Crippen molar-refractivity contribution >= 4 is 17.1 Å². The number of piperazine rings is 1. The zero-order valence-corrected chi connectivity index (χ0v) is 17.4. The van der Waals surface area contributed by atoms with Gasteiger partial charge in [0.2, 0.25) is 0 Å². The minimum atomic E-state index is -0.369. The van der Waals surface area contributed by atoms with Crippen LogP contribution in [-0.2, 0) is 6.61 Å². The molecule has 0 atom stereocenters. The predicted molar refractivity (Wildman–Crippen MR) is 121 cm³/mol. The molecule has 0 amide bonds. The highest BCUT2D eigenvalue weighted by molar-refractivity contribution is 5.54. The second kappa shape index (κ2) is 9.38. The van der Waals surface area contributed by atoms with Crippen LogP contribution in [0, 0.1) is 10.1 Å². The Balaban J connectivity index is 1.29. The van der Waals surface area contributed by atoms with Gasteiger partial charge in [-0.1, -0.05) is 12.1 Å². The van der Waals surface area contributed by atoms with E-state index in [1.54, 1.807) is 19.2 Å². The lowest BCUT2D eigenvalue weighted by Gasteiger charge is -2.37. The highest BCUT2D eigenvalue weighted by Gasteiger charge is 2.18. The number of nitrogens with zero attached hydrogens (tertiary/aromatic N) is 3. The highest BCUT2D eigenvalue weighted by Crippen LogP contribution is 2.25. The standard InChI is InChI=1S/C24H25N3O4/c1-30-23-10-2-19(3-11-23)18-31-24-12-8-21(9-13-24)26-16-14-25(15-17-26)20-4-6-22(7-5-20)27(28)29/h2-13H,14-18H2,1H3. The number of benzene rings is 3.